The van der Waals surface area contributed by atoms with E-state index < -0.39 is 53.7 Å². The fourth-order valence-electron chi connectivity index (χ4n) is 5.92. The monoisotopic (exact) mass is 896 g/mol. The van der Waals surface area contributed by atoms with Crippen molar-refractivity contribution >= 4 is 71.1 Å². The minimum Gasteiger partial charge on any atom is -0.493 e. The van der Waals surface area contributed by atoms with Gasteiger partial charge in [0, 0.05) is 0 Å². The summed E-state index contributed by atoms with van der Waals surface area (Å²) in [6, 6.07) is 28.0. The number of ether oxygens (including phenoxy) is 6. The fourth-order valence-corrected chi connectivity index (χ4v) is 6.96. The normalized spacial score (nSPS) is 12.0. The van der Waals surface area contributed by atoms with Crippen molar-refractivity contribution in [2.24, 2.45) is 11.8 Å². The van der Waals surface area contributed by atoms with Crippen LogP contribution in [-0.4, -0.2) is 73.7 Å². The highest BCUT2D eigenvalue weighted by Crippen LogP contribution is 2.32. The van der Waals surface area contributed by atoms with E-state index in [9.17, 15) is 28.8 Å². The van der Waals surface area contributed by atoms with E-state index in [0.717, 1.165) is 11.1 Å². The van der Waals surface area contributed by atoms with Gasteiger partial charge in [0.2, 0.25) is 0 Å². The van der Waals surface area contributed by atoms with Crippen molar-refractivity contribution in [3.63, 3.8) is 0 Å². The zero-order valence-corrected chi connectivity index (χ0v) is 37.4. The Morgan fingerprint density at radius 2 is 0.937 bits per heavy atom. The molecule has 0 unspecified atom stereocenters. The van der Waals surface area contributed by atoms with Crippen LogP contribution in [0.15, 0.2) is 109 Å². The fraction of sp³-hybridized carbons (Fsp3) is 0.306. The standard InChI is InChI=1S/C49H52O12S2/c1-56-44-27-34(17-21-42(44)60-48(54)38(23-25-62-3)29-46(52)58-32-36-11-7-5-8-12-36)15-19-40(50)31-41(51)20-16-35-18-22-43(45(28-35)57-2)61-49(55)39(24-26-63-4)30-47(53)59-33-37-13-9-6-10-14-37/h5-22,27-28,38-39H,23-26,29-33H2,1-4H3/b19-15+,20-16+/t38-,39-/m1/s1. The SMILES string of the molecule is COc1cc(/C=C/C(=O)CC(=O)/C=C/c2ccc(OC(=O)[C@H](CCSC)CC(=O)OCc3ccccc3)c(OC)c2)ccc1OC(=O)[C@H](CCSC)CC(=O)OCc1ccccc1. The predicted octanol–water partition coefficient (Wildman–Crippen LogP) is 8.78. The summed E-state index contributed by atoms with van der Waals surface area (Å²) in [7, 11) is 2.83. The third-order valence-corrected chi connectivity index (χ3v) is 10.7. The first kappa shape index (κ1) is 49.5. The molecule has 0 bridgehead atoms. The molecule has 0 N–H and O–H groups in total. The average Bonchev–Trinajstić information content (AvgIpc) is 3.30. The summed E-state index contributed by atoms with van der Waals surface area (Å²) < 4.78 is 33.1. The van der Waals surface area contributed by atoms with Gasteiger partial charge in [-0.25, -0.2) is 0 Å². The molecule has 0 saturated carbocycles. The summed E-state index contributed by atoms with van der Waals surface area (Å²) in [5.74, 6) is -2.53. The molecule has 0 spiro atoms. The number of hydrogen-bond donors (Lipinski definition) is 0. The first-order valence-electron chi connectivity index (χ1n) is 20.1. The van der Waals surface area contributed by atoms with E-state index in [1.165, 1.54) is 50.7 Å². The lowest BCUT2D eigenvalue weighted by Gasteiger charge is -2.16. The molecule has 4 rings (SSSR count). The highest BCUT2D eigenvalue weighted by Gasteiger charge is 2.27. The Labute approximate surface area is 376 Å². The van der Waals surface area contributed by atoms with Crippen molar-refractivity contribution in [2.75, 3.05) is 38.2 Å². The summed E-state index contributed by atoms with van der Waals surface area (Å²) >= 11 is 3.09. The zero-order valence-electron chi connectivity index (χ0n) is 35.8. The van der Waals surface area contributed by atoms with Crippen LogP contribution >= 0.6 is 23.5 Å². The van der Waals surface area contributed by atoms with Crippen molar-refractivity contribution in [2.45, 2.75) is 45.3 Å². The highest BCUT2D eigenvalue weighted by atomic mass is 32.2. The molecule has 0 aromatic heterocycles. The largest absolute Gasteiger partial charge is 0.493 e. The molecule has 0 radical (unpaired) electrons. The molecule has 2 atom stereocenters. The summed E-state index contributed by atoms with van der Waals surface area (Å²) in [6.07, 6.45) is 9.54. The van der Waals surface area contributed by atoms with Crippen LogP contribution in [0.1, 0.15) is 54.4 Å². The van der Waals surface area contributed by atoms with Gasteiger partial charge in [-0.05, 0) is 95.5 Å². The van der Waals surface area contributed by atoms with Gasteiger partial charge in [0.05, 0.1) is 45.3 Å². The first-order valence-corrected chi connectivity index (χ1v) is 22.9. The number of hydrogen-bond acceptors (Lipinski definition) is 14. The Morgan fingerprint density at radius 1 is 0.540 bits per heavy atom. The van der Waals surface area contributed by atoms with Gasteiger partial charge in [-0.15, -0.1) is 0 Å². The van der Waals surface area contributed by atoms with Gasteiger partial charge in [-0.1, -0.05) is 84.9 Å². The average molecular weight is 897 g/mol. The number of allylic oxidation sites excluding steroid dienone is 2. The molecule has 14 heteroatoms. The highest BCUT2D eigenvalue weighted by molar-refractivity contribution is 7.98. The van der Waals surface area contributed by atoms with Crippen LogP contribution in [0.5, 0.6) is 23.0 Å². The maximum absolute atomic E-state index is 13.2. The van der Waals surface area contributed by atoms with Gasteiger partial charge in [0.25, 0.3) is 0 Å². The van der Waals surface area contributed by atoms with Gasteiger partial charge in [0.1, 0.15) is 13.2 Å². The molecule has 0 saturated heterocycles. The Hall–Kier alpha value is -6.12. The second-order valence-electron chi connectivity index (χ2n) is 14.1. The van der Waals surface area contributed by atoms with Crippen LogP contribution in [0, 0.1) is 11.8 Å². The zero-order chi connectivity index (χ0) is 45.4. The van der Waals surface area contributed by atoms with E-state index in [1.54, 1.807) is 47.8 Å². The van der Waals surface area contributed by atoms with Gasteiger partial charge in [-0.3, -0.25) is 28.8 Å². The Balaban J connectivity index is 1.30. The van der Waals surface area contributed by atoms with E-state index in [-0.39, 0.29) is 49.1 Å². The molecule has 332 valence electrons. The van der Waals surface area contributed by atoms with Gasteiger partial charge in [0.15, 0.2) is 34.6 Å². The number of thioether (sulfide) groups is 2. The smallest absolute Gasteiger partial charge is 0.315 e. The molecule has 63 heavy (non-hydrogen) atoms. The lowest BCUT2D eigenvalue weighted by atomic mass is 10.0. The maximum atomic E-state index is 13.2. The number of carbonyl (C=O) groups is 6. The maximum Gasteiger partial charge on any atom is 0.315 e. The topological polar surface area (TPSA) is 158 Å². The van der Waals surface area contributed by atoms with Crippen molar-refractivity contribution < 1.29 is 57.2 Å². The van der Waals surface area contributed by atoms with E-state index in [0.29, 0.717) is 35.5 Å². The molecule has 0 aliphatic heterocycles. The summed E-state index contributed by atoms with van der Waals surface area (Å²) in [5, 5.41) is 0. The van der Waals surface area contributed by atoms with Crippen LogP contribution in [0.2, 0.25) is 0 Å². The molecule has 4 aromatic rings. The quantitative estimate of drug-likeness (QED) is 0.0255. The molecule has 0 amide bonds. The van der Waals surface area contributed by atoms with E-state index in [4.69, 9.17) is 28.4 Å². The predicted molar refractivity (Wildman–Crippen MR) is 245 cm³/mol. The minimum atomic E-state index is -0.732. The van der Waals surface area contributed by atoms with Crippen molar-refractivity contribution in [3.05, 3.63) is 131 Å². The number of benzene rings is 4. The summed E-state index contributed by atoms with van der Waals surface area (Å²) in [6.45, 7) is 0.206. The molecule has 12 nitrogen and oxygen atoms in total. The van der Waals surface area contributed by atoms with Gasteiger partial charge in [-0.2, -0.15) is 23.5 Å². The van der Waals surface area contributed by atoms with Crippen LogP contribution in [0.4, 0.5) is 0 Å². The van der Waals surface area contributed by atoms with E-state index in [1.807, 2.05) is 73.2 Å². The van der Waals surface area contributed by atoms with Gasteiger partial charge < -0.3 is 28.4 Å². The molecule has 0 fully saturated rings. The van der Waals surface area contributed by atoms with E-state index >= 15 is 0 Å². The third kappa shape index (κ3) is 17.6. The van der Waals surface area contributed by atoms with E-state index in [2.05, 4.69) is 0 Å². The molecule has 0 aliphatic carbocycles. The van der Waals surface area contributed by atoms with Gasteiger partial charge >= 0.3 is 23.9 Å². The summed E-state index contributed by atoms with van der Waals surface area (Å²) in [4.78, 5) is 77.2. The Morgan fingerprint density at radius 3 is 1.30 bits per heavy atom. The Kier molecular flexibility index (Phi) is 21.3. The minimum absolute atomic E-state index is 0.103. The molecular formula is C49H52O12S2. The lowest BCUT2D eigenvalue weighted by molar-refractivity contribution is -0.151. The van der Waals surface area contributed by atoms with Crippen LogP contribution in [0.25, 0.3) is 12.2 Å². The Bertz CT molecular complexity index is 2050. The number of methoxy groups -OCH3 is 2. The molecule has 0 aliphatic rings. The lowest BCUT2D eigenvalue weighted by Crippen LogP contribution is -2.25. The molecular weight excluding hydrogens is 845 g/mol. The number of ketones is 2. The second kappa shape index (κ2) is 27.0. The van der Waals surface area contributed by atoms with Crippen LogP contribution in [-0.2, 0) is 51.5 Å². The van der Waals surface area contributed by atoms with Crippen molar-refractivity contribution in [1.82, 2.24) is 0 Å². The second-order valence-corrected chi connectivity index (χ2v) is 16.1. The van der Waals surface area contributed by atoms with Crippen LogP contribution in [0.3, 0.4) is 0 Å². The van der Waals surface area contributed by atoms with Crippen LogP contribution < -0.4 is 18.9 Å². The molecule has 4 aromatic carbocycles. The molecule has 0 heterocycles. The summed E-state index contributed by atoms with van der Waals surface area (Å²) in [5.41, 5.74) is 2.79. The number of esters is 4. The number of rotatable bonds is 26. The third-order valence-electron chi connectivity index (χ3n) is 9.39. The van der Waals surface area contributed by atoms with Crippen molar-refractivity contribution in [1.29, 1.82) is 0 Å². The number of carbonyl (C=O) groups excluding carboxylic acids is 6. The first-order chi connectivity index (χ1) is 30.5. The van der Waals surface area contributed by atoms with Crippen molar-refractivity contribution in [3.8, 4) is 23.0 Å².